The lowest BCUT2D eigenvalue weighted by atomic mass is 10.3. The molecule has 0 unspecified atom stereocenters. The summed E-state index contributed by atoms with van der Waals surface area (Å²) in [5.41, 5.74) is 0.870. The Balaban J connectivity index is 0.000000186. The fourth-order valence-corrected chi connectivity index (χ4v) is 2.22. The van der Waals surface area contributed by atoms with Gasteiger partial charge in [0.05, 0.1) is 6.33 Å². The summed E-state index contributed by atoms with van der Waals surface area (Å²) in [6.45, 7) is 1.44. The number of phenolic OH excluding ortho intramolecular Hbond substituents is 1. The molecule has 0 radical (unpaired) electrons. The van der Waals surface area contributed by atoms with Gasteiger partial charge in [0.25, 0.3) is 5.56 Å². The first kappa shape index (κ1) is 18.0. The van der Waals surface area contributed by atoms with Gasteiger partial charge in [-0.1, -0.05) is 0 Å². The van der Waals surface area contributed by atoms with Crippen molar-refractivity contribution in [2.75, 3.05) is 5.32 Å². The third kappa shape index (κ3) is 3.77. The van der Waals surface area contributed by atoms with Crippen LogP contribution < -0.4 is 16.6 Å². The number of hydrogen-bond acceptors (Lipinski definition) is 5. The topological polar surface area (TPSA) is 111 Å². The second-order valence-corrected chi connectivity index (χ2v) is 5.46. The molecular formula is C16H19N5O4. The molecule has 1 aromatic carbocycles. The molecule has 3 aromatic rings. The Morgan fingerprint density at radius 3 is 2.24 bits per heavy atom. The van der Waals surface area contributed by atoms with Gasteiger partial charge in [0.1, 0.15) is 5.75 Å². The Morgan fingerprint density at radius 2 is 1.68 bits per heavy atom. The number of amides is 1. The summed E-state index contributed by atoms with van der Waals surface area (Å²) in [6.07, 6.45) is 1.52. The largest absolute Gasteiger partial charge is 0.508 e. The van der Waals surface area contributed by atoms with E-state index in [4.69, 9.17) is 5.11 Å². The van der Waals surface area contributed by atoms with Crippen LogP contribution in [0.4, 0.5) is 5.69 Å². The van der Waals surface area contributed by atoms with Gasteiger partial charge in [-0.3, -0.25) is 18.7 Å². The van der Waals surface area contributed by atoms with E-state index in [1.54, 1.807) is 30.8 Å². The Hall–Kier alpha value is -3.36. The van der Waals surface area contributed by atoms with Crippen molar-refractivity contribution in [2.45, 2.75) is 6.92 Å². The third-order valence-electron chi connectivity index (χ3n) is 3.50. The number of nitrogens with zero attached hydrogens (tertiary/aromatic N) is 4. The predicted molar refractivity (Wildman–Crippen MR) is 93.6 cm³/mol. The summed E-state index contributed by atoms with van der Waals surface area (Å²) in [5, 5.41) is 11.5. The minimum absolute atomic E-state index is 0.115. The first-order valence-corrected chi connectivity index (χ1v) is 7.36. The standard InChI is InChI=1S/C8H10N4O2.C8H9NO2/c1-10-4-9-6-5(10)7(13)12(3)8(14)11(6)2;1-6(10)9-7-2-4-8(11)5-3-7/h4H,1-3H3;2-5,11H,1H3,(H,9,10). The normalized spacial score (nSPS) is 10.2. The van der Waals surface area contributed by atoms with Crippen LogP contribution >= 0.6 is 0 Å². The van der Waals surface area contributed by atoms with E-state index in [2.05, 4.69) is 10.3 Å². The van der Waals surface area contributed by atoms with Crippen LogP contribution in [0.25, 0.3) is 11.2 Å². The van der Waals surface area contributed by atoms with Gasteiger partial charge in [-0.25, -0.2) is 9.78 Å². The molecule has 0 spiro atoms. The van der Waals surface area contributed by atoms with Crippen LogP contribution in [-0.2, 0) is 25.9 Å². The van der Waals surface area contributed by atoms with Crippen molar-refractivity contribution in [1.82, 2.24) is 18.7 Å². The van der Waals surface area contributed by atoms with Gasteiger partial charge in [0.15, 0.2) is 11.2 Å². The van der Waals surface area contributed by atoms with Crippen molar-refractivity contribution in [2.24, 2.45) is 21.1 Å². The summed E-state index contributed by atoms with van der Waals surface area (Å²) in [7, 11) is 4.77. The zero-order valence-corrected chi connectivity index (χ0v) is 14.3. The molecule has 3 rings (SSSR count). The summed E-state index contributed by atoms with van der Waals surface area (Å²) in [6, 6.07) is 6.31. The fourth-order valence-electron chi connectivity index (χ4n) is 2.22. The van der Waals surface area contributed by atoms with Gasteiger partial charge in [-0.05, 0) is 24.3 Å². The van der Waals surface area contributed by atoms with E-state index in [0.29, 0.717) is 16.9 Å². The maximum absolute atomic E-state index is 11.7. The zero-order chi connectivity index (χ0) is 18.7. The van der Waals surface area contributed by atoms with E-state index in [-0.39, 0.29) is 22.9 Å². The molecule has 1 amide bonds. The molecule has 9 heteroatoms. The number of carbonyl (C=O) groups is 1. The maximum atomic E-state index is 11.7. The van der Waals surface area contributed by atoms with Crippen LogP contribution in [0.3, 0.4) is 0 Å². The molecular weight excluding hydrogens is 326 g/mol. The number of hydrogen-bond donors (Lipinski definition) is 2. The molecule has 25 heavy (non-hydrogen) atoms. The maximum Gasteiger partial charge on any atom is 0.332 e. The summed E-state index contributed by atoms with van der Waals surface area (Å²) in [4.78, 5) is 37.7. The highest BCUT2D eigenvalue weighted by molar-refractivity contribution is 5.88. The zero-order valence-electron chi connectivity index (χ0n) is 14.3. The molecule has 0 bridgehead atoms. The minimum Gasteiger partial charge on any atom is -0.508 e. The van der Waals surface area contributed by atoms with Crippen LogP contribution in [-0.4, -0.2) is 29.7 Å². The van der Waals surface area contributed by atoms with Crippen molar-refractivity contribution in [3.8, 4) is 5.75 Å². The lowest BCUT2D eigenvalue weighted by Gasteiger charge is -2.02. The molecule has 0 saturated heterocycles. The van der Waals surface area contributed by atoms with Crippen LogP contribution in [0, 0.1) is 0 Å². The van der Waals surface area contributed by atoms with Crippen molar-refractivity contribution in [1.29, 1.82) is 0 Å². The van der Waals surface area contributed by atoms with Gasteiger partial charge in [-0.15, -0.1) is 0 Å². The van der Waals surface area contributed by atoms with Crippen LogP contribution in [0.5, 0.6) is 5.75 Å². The van der Waals surface area contributed by atoms with Crippen molar-refractivity contribution < 1.29 is 9.90 Å². The SMILES string of the molecule is CC(=O)Nc1ccc(O)cc1.Cn1c(=O)c2c(ncn2C)n(C)c1=O. The predicted octanol–water partition coefficient (Wildman–Crippen LogP) is 0.321. The highest BCUT2D eigenvalue weighted by Gasteiger charge is 2.11. The highest BCUT2D eigenvalue weighted by Crippen LogP contribution is 2.13. The molecule has 0 aliphatic carbocycles. The first-order valence-electron chi connectivity index (χ1n) is 7.36. The monoisotopic (exact) mass is 345 g/mol. The molecule has 9 nitrogen and oxygen atoms in total. The molecule has 132 valence electrons. The van der Waals surface area contributed by atoms with Gasteiger partial charge >= 0.3 is 5.69 Å². The molecule has 0 saturated carbocycles. The molecule has 2 heterocycles. The van der Waals surface area contributed by atoms with E-state index in [1.807, 2.05) is 0 Å². The van der Waals surface area contributed by atoms with Crippen molar-refractivity contribution in [3.05, 3.63) is 51.4 Å². The Labute approximate surface area is 142 Å². The molecule has 2 N–H and O–H groups in total. The molecule has 0 fully saturated rings. The number of aryl methyl sites for hydroxylation is 2. The Kier molecular flexibility index (Phi) is 5.06. The number of carbonyl (C=O) groups excluding carboxylic acids is 1. The van der Waals surface area contributed by atoms with E-state index in [0.717, 1.165) is 4.57 Å². The summed E-state index contributed by atoms with van der Waals surface area (Å²) >= 11 is 0. The van der Waals surface area contributed by atoms with E-state index >= 15 is 0 Å². The first-order chi connectivity index (χ1) is 11.7. The number of fused-ring (bicyclic) bond motifs is 1. The van der Waals surface area contributed by atoms with Crippen LogP contribution in [0.1, 0.15) is 6.92 Å². The van der Waals surface area contributed by atoms with Crippen LogP contribution in [0.2, 0.25) is 0 Å². The number of anilines is 1. The second kappa shape index (κ2) is 7.04. The average molecular weight is 345 g/mol. The minimum atomic E-state index is -0.360. The van der Waals surface area contributed by atoms with Gasteiger partial charge < -0.3 is 15.0 Å². The van der Waals surface area contributed by atoms with Crippen molar-refractivity contribution >= 4 is 22.8 Å². The van der Waals surface area contributed by atoms with E-state index < -0.39 is 0 Å². The molecule has 0 aliphatic rings. The van der Waals surface area contributed by atoms with Gasteiger partial charge in [-0.2, -0.15) is 0 Å². The lowest BCUT2D eigenvalue weighted by Crippen LogP contribution is -2.37. The number of phenols is 1. The number of rotatable bonds is 1. The quantitative estimate of drug-likeness (QED) is 0.617. The number of aromatic nitrogens is 4. The number of benzene rings is 1. The summed E-state index contributed by atoms with van der Waals surface area (Å²) < 4.78 is 4.04. The average Bonchev–Trinajstić information content (AvgIpc) is 2.95. The van der Waals surface area contributed by atoms with Crippen molar-refractivity contribution in [3.63, 3.8) is 0 Å². The Morgan fingerprint density at radius 1 is 1.08 bits per heavy atom. The van der Waals surface area contributed by atoms with E-state index in [9.17, 15) is 14.4 Å². The fraction of sp³-hybridized carbons (Fsp3) is 0.250. The smallest absolute Gasteiger partial charge is 0.332 e. The molecule has 0 aliphatic heterocycles. The third-order valence-corrected chi connectivity index (χ3v) is 3.50. The number of imidazole rings is 1. The summed E-state index contributed by atoms with van der Waals surface area (Å²) in [5.74, 6) is 0.0785. The lowest BCUT2D eigenvalue weighted by molar-refractivity contribution is -0.114. The van der Waals surface area contributed by atoms with Crippen LogP contribution in [0.15, 0.2) is 40.2 Å². The van der Waals surface area contributed by atoms with Gasteiger partial charge in [0.2, 0.25) is 5.91 Å². The molecule has 0 atom stereocenters. The second-order valence-electron chi connectivity index (χ2n) is 5.46. The van der Waals surface area contributed by atoms with E-state index in [1.165, 1.54) is 37.0 Å². The molecule has 2 aromatic heterocycles. The highest BCUT2D eigenvalue weighted by atomic mass is 16.3. The number of aromatic hydroxyl groups is 1. The Bertz CT molecular complexity index is 1030. The van der Waals surface area contributed by atoms with Gasteiger partial charge in [0, 0.05) is 33.8 Å². The number of nitrogens with one attached hydrogen (secondary N) is 1.